The quantitative estimate of drug-likeness (QED) is 0.782. The van der Waals surface area contributed by atoms with Crippen molar-refractivity contribution in [2.45, 2.75) is 62.9 Å². The number of benzene rings is 1. The monoisotopic (exact) mass is 374 g/mol. The zero-order valence-corrected chi connectivity index (χ0v) is 16.5. The average molecular weight is 375 g/mol. The third kappa shape index (κ3) is 5.08. The maximum atomic E-state index is 12.3. The van der Waals surface area contributed by atoms with Crippen LogP contribution >= 0.6 is 11.8 Å². The molecule has 1 aromatic heterocycles. The summed E-state index contributed by atoms with van der Waals surface area (Å²) < 4.78 is 5.63. The Hall–Kier alpha value is -1.86. The number of carbonyl (C=O) groups excluding carboxylic acids is 1. The first-order valence-corrected chi connectivity index (χ1v) is 9.81. The van der Waals surface area contributed by atoms with Gasteiger partial charge in [0.15, 0.2) is 0 Å². The van der Waals surface area contributed by atoms with Crippen LogP contribution in [0.1, 0.15) is 40.5 Å². The number of piperidine rings is 1. The molecule has 0 unspecified atom stereocenters. The molecule has 1 saturated heterocycles. The summed E-state index contributed by atoms with van der Waals surface area (Å²) in [7, 11) is 0. The van der Waals surface area contributed by atoms with Crippen LogP contribution in [-0.4, -0.2) is 39.0 Å². The molecule has 0 bridgehead atoms. The van der Waals surface area contributed by atoms with E-state index in [2.05, 4.69) is 48.5 Å². The van der Waals surface area contributed by atoms with Crippen LogP contribution in [0.2, 0.25) is 0 Å². The van der Waals surface area contributed by atoms with Crippen molar-refractivity contribution in [3.05, 3.63) is 30.3 Å². The molecule has 6 nitrogen and oxygen atoms in total. The predicted molar refractivity (Wildman–Crippen MR) is 103 cm³/mol. The number of thioether (sulfide) groups is 1. The van der Waals surface area contributed by atoms with Gasteiger partial charge < -0.3 is 15.1 Å². The predicted octanol–water partition coefficient (Wildman–Crippen LogP) is 3.25. The molecule has 0 atom stereocenters. The standard InChI is InChI=1S/C19H26N4O2S/c1-18(2)10-14(11-19(3,4)23-18)20-15(24)12-26-17-22-21-16(25-17)13-8-6-5-7-9-13/h5-9,14,23H,10-12H2,1-4H3,(H,20,24). The highest BCUT2D eigenvalue weighted by molar-refractivity contribution is 7.99. The fourth-order valence-electron chi connectivity index (χ4n) is 3.79. The summed E-state index contributed by atoms with van der Waals surface area (Å²) in [5.74, 6) is 0.726. The number of hydrogen-bond donors (Lipinski definition) is 2. The molecule has 2 N–H and O–H groups in total. The minimum Gasteiger partial charge on any atom is -0.411 e. The topological polar surface area (TPSA) is 80.1 Å². The van der Waals surface area contributed by atoms with Crippen LogP contribution in [0.25, 0.3) is 11.5 Å². The Morgan fingerprint density at radius 1 is 1.19 bits per heavy atom. The van der Waals surface area contributed by atoms with Gasteiger partial charge >= 0.3 is 0 Å². The number of nitrogens with one attached hydrogen (secondary N) is 2. The number of nitrogens with zero attached hydrogens (tertiary/aromatic N) is 2. The van der Waals surface area contributed by atoms with E-state index >= 15 is 0 Å². The summed E-state index contributed by atoms with van der Waals surface area (Å²) in [5, 5.41) is 15.2. The molecule has 26 heavy (non-hydrogen) atoms. The fourth-order valence-corrected chi connectivity index (χ4v) is 4.36. The van der Waals surface area contributed by atoms with Crippen molar-refractivity contribution in [3.63, 3.8) is 0 Å². The Morgan fingerprint density at radius 2 is 1.85 bits per heavy atom. The van der Waals surface area contributed by atoms with E-state index in [1.54, 1.807) is 0 Å². The van der Waals surface area contributed by atoms with Crippen LogP contribution in [0, 0.1) is 0 Å². The first-order valence-electron chi connectivity index (χ1n) is 8.83. The lowest BCUT2D eigenvalue weighted by Gasteiger charge is -2.46. The smallest absolute Gasteiger partial charge is 0.277 e. The van der Waals surface area contributed by atoms with Crippen molar-refractivity contribution in [1.82, 2.24) is 20.8 Å². The van der Waals surface area contributed by atoms with Crippen molar-refractivity contribution in [3.8, 4) is 11.5 Å². The lowest BCUT2D eigenvalue weighted by Crippen LogP contribution is -2.62. The van der Waals surface area contributed by atoms with E-state index in [-0.39, 0.29) is 28.8 Å². The molecule has 1 amide bonds. The highest BCUT2D eigenvalue weighted by Crippen LogP contribution is 2.29. The Bertz CT molecular complexity index is 742. The molecule has 0 spiro atoms. The maximum absolute atomic E-state index is 12.3. The first kappa shape index (κ1) is 18.9. The lowest BCUT2D eigenvalue weighted by molar-refractivity contribution is -0.119. The van der Waals surface area contributed by atoms with Gasteiger partial charge in [0.1, 0.15) is 0 Å². The van der Waals surface area contributed by atoms with Gasteiger partial charge in [-0.25, -0.2) is 0 Å². The molecule has 0 radical (unpaired) electrons. The Kier molecular flexibility index (Phi) is 5.39. The molecule has 0 aliphatic carbocycles. The molecular formula is C19H26N4O2S. The van der Waals surface area contributed by atoms with Crippen molar-refractivity contribution < 1.29 is 9.21 Å². The number of amides is 1. The first-order chi connectivity index (χ1) is 12.2. The Balaban J connectivity index is 1.52. The van der Waals surface area contributed by atoms with Gasteiger partial charge in [0.05, 0.1) is 5.75 Å². The number of hydrogen-bond acceptors (Lipinski definition) is 6. The van der Waals surface area contributed by atoms with Crippen LogP contribution in [0.4, 0.5) is 0 Å². The summed E-state index contributed by atoms with van der Waals surface area (Å²) in [5.41, 5.74) is 0.879. The summed E-state index contributed by atoms with van der Waals surface area (Å²) in [4.78, 5) is 12.3. The van der Waals surface area contributed by atoms with Gasteiger partial charge in [-0.15, -0.1) is 10.2 Å². The summed E-state index contributed by atoms with van der Waals surface area (Å²) in [6.45, 7) is 8.69. The molecular weight excluding hydrogens is 348 g/mol. The second-order valence-electron chi connectivity index (χ2n) is 8.09. The van der Waals surface area contributed by atoms with Crippen LogP contribution in [-0.2, 0) is 4.79 Å². The number of carbonyl (C=O) groups is 1. The van der Waals surface area contributed by atoms with Crippen LogP contribution in [0.3, 0.4) is 0 Å². The minimum absolute atomic E-state index is 0.00388. The number of aromatic nitrogens is 2. The Labute approximate surface area is 158 Å². The fraction of sp³-hybridized carbons (Fsp3) is 0.526. The maximum Gasteiger partial charge on any atom is 0.277 e. The van der Waals surface area contributed by atoms with Gasteiger partial charge in [-0.05, 0) is 52.7 Å². The highest BCUT2D eigenvalue weighted by Gasteiger charge is 2.38. The number of rotatable bonds is 5. The molecule has 2 heterocycles. The van der Waals surface area contributed by atoms with Crippen LogP contribution in [0.15, 0.2) is 40.0 Å². The van der Waals surface area contributed by atoms with Gasteiger partial charge in [0.2, 0.25) is 11.8 Å². The van der Waals surface area contributed by atoms with E-state index in [1.807, 2.05) is 30.3 Å². The highest BCUT2D eigenvalue weighted by atomic mass is 32.2. The minimum atomic E-state index is -0.00652. The van der Waals surface area contributed by atoms with Gasteiger partial charge in [-0.1, -0.05) is 30.0 Å². The zero-order chi connectivity index (χ0) is 18.8. The molecule has 140 valence electrons. The SMILES string of the molecule is CC1(C)CC(NC(=O)CSc2nnc(-c3ccccc3)o2)CC(C)(C)N1. The van der Waals surface area contributed by atoms with Gasteiger partial charge in [-0.2, -0.15) is 0 Å². The van der Waals surface area contributed by atoms with E-state index in [9.17, 15) is 4.79 Å². The van der Waals surface area contributed by atoms with E-state index in [0.29, 0.717) is 11.1 Å². The molecule has 3 rings (SSSR count). The Morgan fingerprint density at radius 3 is 2.50 bits per heavy atom. The van der Waals surface area contributed by atoms with Crippen molar-refractivity contribution in [1.29, 1.82) is 0 Å². The summed E-state index contributed by atoms with van der Waals surface area (Å²) in [6, 6.07) is 9.76. The van der Waals surface area contributed by atoms with Crippen LogP contribution in [0.5, 0.6) is 0 Å². The van der Waals surface area contributed by atoms with Gasteiger partial charge in [0.25, 0.3) is 5.22 Å². The summed E-state index contributed by atoms with van der Waals surface area (Å²) >= 11 is 1.26. The van der Waals surface area contributed by atoms with Crippen molar-refractivity contribution in [2.24, 2.45) is 0 Å². The molecule has 1 fully saturated rings. The van der Waals surface area contributed by atoms with Crippen LogP contribution < -0.4 is 10.6 Å². The summed E-state index contributed by atoms with van der Waals surface area (Å²) in [6.07, 6.45) is 1.82. The molecule has 1 aromatic carbocycles. The van der Waals surface area contributed by atoms with Crippen molar-refractivity contribution >= 4 is 17.7 Å². The van der Waals surface area contributed by atoms with Gasteiger partial charge in [-0.3, -0.25) is 4.79 Å². The zero-order valence-electron chi connectivity index (χ0n) is 15.7. The molecule has 1 aliphatic rings. The molecule has 1 aliphatic heterocycles. The molecule has 0 saturated carbocycles. The third-order valence-electron chi connectivity index (χ3n) is 4.31. The van der Waals surface area contributed by atoms with E-state index in [1.165, 1.54) is 11.8 Å². The largest absolute Gasteiger partial charge is 0.411 e. The second kappa shape index (κ2) is 7.40. The second-order valence-corrected chi connectivity index (χ2v) is 9.02. The molecule has 7 heteroatoms. The third-order valence-corrected chi connectivity index (χ3v) is 5.13. The molecule has 2 aromatic rings. The van der Waals surface area contributed by atoms with E-state index < -0.39 is 0 Å². The lowest BCUT2D eigenvalue weighted by atomic mass is 9.79. The van der Waals surface area contributed by atoms with E-state index in [4.69, 9.17) is 4.42 Å². The van der Waals surface area contributed by atoms with Gasteiger partial charge in [0, 0.05) is 22.7 Å². The van der Waals surface area contributed by atoms with E-state index in [0.717, 1.165) is 18.4 Å². The van der Waals surface area contributed by atoms with Crippen molar-refractivity contribution in [2.75, 3.05) is 5.75 Å². The normalized spacial score (nSPS) is 19.2. The average Bonchev–Trinajstić information content (AvgIpc) is 2.99.